The van der Waals surface area contributed by atoms with Crippen molar-refractivity contribution in [3.8, 4) is 0 Å². The van der Waals surface area contributed by atoms with Gasteiger partial charge in [0, 0.05) is 68.1 Å². The number of fused-ring (bicyclic) bond motifs is 9. The summed E-state index contributed by atoms with van der Waals surface area (Å²) in [7, 11) is 0. The third-order valence-electron chi connectivity index (χ3n) is 9.92. The minimum atomic E-state index is 0.525. The lowest BCUT2D eigenvalue weighted by Gasteiger charge is -2.24. The van der Waals surface area contributed by atoms with Crippen molar-refractivity contribution in [1.82, 2.24) is 9.97 Å². The molecule has 0 aliphatic heterocycles. The van der Waals surface area contributed by atoms with Gasteiger partial charge in [-0.25, -0.2) is 4.98 Å². The standard InChI is InChI=1S/C46H28N4O3/c1-3-11-29(12-4-1)49(31-19-21-35-33-15-7-9-17-39(33)51-41(35)25-31)44-24-23-37-38-28-47-45(27-43(38)53-46(37)48-44)50(30-13-5-2-6-14-30)32-20-22-36-34-16-8-10-18-40(34)52-42(36)26-32/h1-28H. The fourth-order valence-electron chi connectivity index (χ4n) is 7.47. The van der Waals surface area contributed by atoms with Gasteiger partial charge < -0.3 is 13.3 Å². The molecule has 0 amide bonds. The molecule has 0 aliphatic rings. The van der Waals surface area contributed by atoms with E-state index >= 15 is 0 Å². The number of rotatable bonds is 6. The Hall–Kier alpha value is -7.38. The van der Waals surface area contributed by atoms with Crippen LogP contribution in [-0.2, 0) is 0 Å². The van der Waals surface area contributed by atoms with Crippen LogP contribution in [0.3, 0.4) is 0 Å². The molecule has 0 saturated carbocycles. The van der Waals surface area contributed by atoms with Gasteiger partial charge >= 0.3 is 0 Å². The highest BCUT2D eigenvalue weighted by Gasteiger charge is 2.21. The van der Waals surface area contributed by atoms with E-state index in [2.05, 4.69) is 88.7 Å². The Balaban J connectivity index is 1.03. The van der Waals surface area contributed by atoms with E-state index in [9.17, 15) is 0 Å². The summed E-state index contributed by atoms with van der Waals surface area (Å²) in [5.74, 6) is 1.43. The Kier molecular flexibility index (Phi) is 6.42. The monoisotopic (exact) mass is 684 g/mol. The first-order valence-corrected chi connectivity index (χ1v) is 17.5. The lowest BCUT2D eigenvalue weighted by atomic mass is 10.1. The molecule has 6 aromatic carbocycles. The van der Waals surface area contributed by atoms with Crippen LogP contribution in [0.1, 0.15) is 0 Å². The summed E-state index contributed by atoms with van der Waals surface area (Å²) in [4.78, 5) is 14.3. The lowest BCUT2D eigenvalue weighted by Crippen LogP contribution is -2.11. The van der Waals surface area contributed by atoms with Crippen LogP contribution in [0.5, 0.6) is 0 Å². The summed E-state index contributed by atoms with van der Waals surface area (Å²) in [5, 5.41) is 6.10. The number of pyridine rings is 2. The van der Waals surface area contributed by atoms with Gasteiger partial charge in [0.15, 0.2) is 0 Å². The normalized spacial score (nSPS) is 11.8. The first-order valence-electron chi connectivity index (χ1n) is 17.5. The Bertz CT molecular complexity index is 2930. The molecule has 11 rings (SSSR count). The number of aromatic nitrogens is 2. The zero-order valence-corrected chi connectivity index (χ0v) is 28.2. The molecule has 7 nitrogen and oxygen atoms in total. The molecule has 5 aromatic heterocycles. The molecule has 53 heavy (non-hydrogen) atoms. The molecule has 0 aliphatic carbocycles. The average Bonchev–Trinajstić information content (AvgIpc) is 3.89. The van der Waals surface area contributed by atoms with Gasteiger partial charge in [0.25, 0.3) is 0 Å². The van der Waals surface area contributed by atoms with Crippen LogP contribution in [0.25, 0.3) is 65.9 Å². The summed E-state index contributed by atoms with van der Waals surface area (Å²) in [6.45, 7) is 0. The quantitative estimate of drug-likeness (QED) is 0.173. The van der Waals surface area contributed by atoms with E-state index in [-0.39, 0.29) is 0 Å². The van der Waals surface area contributed by atoms with E-state index in [1.54, 1.807) is 0 Å². The van der Waals surface area contributed by atoms with Crippen LogP contribution in [0.2, 0.25) is 0 Å². The maximum absolute atomic E-state index is 6.56. The first kappa shape index (κ1) is 29.4. The third-order valence-corrected chi connectivity index (χ3v) is 9.92. The number of nitrogens with zero attached hydrogens (tertiary/aromatic N) is 4. The van der Waals surface area contributed by atoms with Gasteiger partial charge in [-0.2, -0.15) is 4.98 Å². The van der Waals surface area contributed by atoms with Crippen molar-refractivity contribution >= 4 is 100 Å². The molecule has 0 bridgehead atoms. The molecule has 0 fully saturated rings. The number of benzene rings is 6. The van der Waals surface area contributed by atoms with Gasteiger partial charge in [-0.05, 0) is 72.8 Å². The van der Waals surface area contributed by atoms with Crippen molar-refractivity contribution in [2.45, 2.75) is 0 Å². The fraction of sp³-hybridized carbons (Fsp3) is 0. The minimum Gasteiger partial charge on any atom is -0.456 e. The number of hydrogen-bond acceptors (Lipinski definition) is 7. The minimum absolute atomic E-state index is 0.525. The van der Waals surface area contributed by atoms with E-state index < -0.39 is 0 Å². The lowest BCUT2D eigenvalue weighted by molar-refractivity contribution is 0.654. The topological polar surface area (TPSA) is 71.7 Å². The molecule has 250 valence electrons. The molecular weight excluding hydrogens is 657 g/mol. The van der Waals surface area contributed by atoms with Crippen LogP contribution in [-0.4, -0.2) is 9.97 Å². The second-order valence-corrected chi connectivity index (χ2v) is 13.1. The van der Waals surface area contributed by atoms with Gasteiger partial charge in [0.2, 0.25) is 5.71 Å². The maximum Gasteiger partial charge on any atom is 0.229 e. The zero-order valence-electron chi connectivity index (χ0n) is 28.2. The average molecular weight is 685 g/mol. The maximum atomic E-state index is 6.56. The van der Waals surface area contributed by atoms with Crippen LogP contribution < -0.4 is 9.80 Å². The summed E-state index contributed by atoms with van der Waals surface area (Å²) >= 11 is 0. The number of para-hydroxylation sites is 4. The molecule has 7 heteroatoms. The molecular formula is C46H28N4O3. The van der Waals surface area contributed by atoms with Crippen LogP contribution >= 0.6 is 0 Å². The van der Waals surface area contributed by atoms with Gasteiger partial charge in [-0.15, -0.1) is 0 Å². The number of furan rings is 3. The predicted octanol–water partition coefficient (Wildman–Crippen LogP) is 13.1. The van der Waals surface area contributed by atoms with Crippen LogP contribution in [0.4, 0.5) is 34.4 Å². The van der Waals surface area contributed by atoms with Crippen molar-refractivity contribution in [2.75, 3.05) is 9.80 Å². The van der Waals surface area contributed by atoms with E-state index in [0.717, 1.165) is 83.2 Å². The molecule has 0 atom stereocenters. The Labute approximate surface area is 302 Å². The predicted molar refractivity (Wildman–Crippen MR) is 213 cm³/mol. The van der Waals surface area contributed by atoms with Crippen molar-refractivity contribution < 1.29 is 13.3 Å². The first-order chi connectivity index (χ1) is 26.2. The summed E-state index contributed by atoms with van der Waals surface area (Å²) in [6, 6.07) is 55.3. The second kappa shape index (κ2) is 11.6. The van der Waals surface area contributed by atoms with Gasteiger partial charge in [0.1, 0.15) is 39.6 Å². The largest absolute Gasteiger partial charge is 0.456 e. The summed E-state index contributed by atoms with van der Waals surface area (Å²) in [5.41, 5.74) is 8.35. The van der Waals surface area contributed by atoms with Crippen LogP contribution in [0.15, 0.2) is 183 Å². The molecule has 11 aromatic rings. The number of hydrogen-bond donors (Lipinski definition) is 0. The Morgan fingerprint density at radius 2 is 0.830 bits per heavy atom. The van der Waals surface area contributed by atoms with Crippen LogP contribution in [0, 0.1) is 0 Å². The zero-order chi connectivity index (χ0) is 34.9. The van der Waals surface area contributed by atoms with Crippen molar-refractivity contribution in [3.63, 3.8) is 0 Å². The van der Waals surface area contributed by atoms with E-state index in [1.165, 1.54) is 0 Å². The second-order valence-electron chi connectivity index (χ2n) is 13.1. The van der Waals surface area contributed by atoms with E-state index in [1.807, 2.05) is 91.1 Å². The summed E-state index contributed by atoms with van der Waals surface area (Å²) < 4.78 is 19.1. The van der Waals surface area contributed by atoms with Gasteiger partial charge in [-0.3, -0.25) is 9.80 Å². The highest BCUT2D eigenvalue weighted by atomic mass is 16.3. The Morgan fingerprint density at radius 3 is 1.43 bits per heavy atom. The van der Waals surface area contributed by atoms with Crippen molar-refractivity contribution in [2.24, 2.45) is 0 Å². The van der Waals surface area contributed by atoms with E-state index in [0.29, 0.717) is 17.1 Å². The highest BCUT2D eigenvalue weighted by molar-refractivity contribution is 6.08. The molecule has 0 radical (unpaired) electrons. The van der Waals surface area contributed by atoms with Gasteiger partial charge in [-0.1, -0.05) is 72.8 Å². The van der Waals surface area contributed by atoms with Gasteiger partial charge in [0.05, 0.1) is 11.4 Å². The van der Waals surface area contributed by atoms with E-state index in [4.69, 9.17) is 23.2 Å². The van der Waals surface area contributed by atoms with Crippen molar-refractivity contribution in [3.05, 3.63) is 170 Å². The summed E-state index contributed by atoms with van der Waals surface area (Å²) in [6.07, 6.45) is 1.87. The molecule has 0 N–H and O–H groups in total. The fourth-order valence-corrected chi connectivity index (χ4v) is 7.47. The highest BCUT2D eigenvalue weighted by Crippen LogP contribution is 2.42. The Morgan fingerprint density at radius 1 is 0.340 bits per heavy atom. The molecule has 5 heterocycles. The molecule has 0 saturated heterocycles. The molecule has 0 unspecified atom stereocenters. The number of anilines is 6. The SMILES string of the molecule is c1ccc(N(c2ccc3c(c2)oc2ccccc23)c2cc3oc4nc(N(c5ccccc5)c5ccc6c(c5)oc5ccccc56)ccc4c3cn2)cc1. The third kappa shape index (κ3) is 4.75. The van der Waals surface area contributed by atoms with Crippen molar-refractivity contribution in [1.29, 1.82) is 0 Å². The smallest absolute Gasteiger partial charge is 0.229 e. The molecule has 0 spiro atoms.